The summed E-state index contributed by atoms with van der Waals surface area (Å²) in [6.07, 6.45) is 1.82. The molecule has 0 aliphatic carbocycles. The van der Waals surface area contributed by atoms with Gasteiger partial charge in [0.05, 0.1) is 18.3 Å². The molecule has 0 fully saturated rings. The maximum atomic E-state index is 5.16. The van der Waals surface area contributed by atoms with Crippen LogP contribution in [0.5, 0.6) is 5.88 Å². The summed E-state index contributed by atoms with van der Waals surface area (Å²) in [6, 6.07) is 14.1. The quantitative estimate of drug-likeness (QED) is 0.649. The SMILES string of the molecule is COc1ccc2ccc(-c3cc(I)ccn3)cc2n1. The Labute approximate surface area is 124 Å². The molecule has 0 aliphatic heterocycles. The Hall–Kier alpha value is -1.69. The first kappa shape index (κ1) is 12.3. The van der Waals surface area contributed by atoms with Crippen LogP contribution in [0.2, 0.25) is 0 Å². The summed E-state index contributed by atoms with van der Waals surface area (Å²) in [7, 11) is 1.62. The zero-order chi connectivity index (χ0) is 13.2. The van der Waals surface area contributed by atoms with Gasteiger partial charge in [-0.15, -0.1) is 0 Å². The molecule has 0 atom stereocenters. The normalized spacial score (nSPS) is 10.6. The van der Waals surface area contributed by atoms with E-state index in [-0.39, 0.29) is 0 Å². The van der Waals surface area contributed by atoms with Gasteiger partial charge in [-0.1, -0.05) is 12.1 Å². The number of hydrogen-bond acceptors (Lipinski definition) is 3. The summed E-state index contributed by atoms with van der Waals surface area (Å²) >= 11 is 2.29. The minimum atomic E-state index is 0.625. The van der Waals surface area contributed by atoms with Gasteiger partial charge in [-0.3, -0.25) is 4.98 Å². The van der Waals surface area contributed by atoms with E-state index < -0.39 is 0 Å². The molecule has 94 valence electrons. The maximum Gasteiger partial charge on any atom is 0.213 e. The predicted molar refractivity (Wildman–Crippen MR) is 84.2 cm³/mol. The summed E-state index contributed by atoms with van der Waals surface area (Å²) in [4.78, 5) is 8.85. The Kier molecular flexibility index (Phi) is 3.33. The number of nitrogens with zero attached hydrogens (tertiary/aromatic N) is 2. The van der Waals surface area contributed by atoms with Crippen LogP contribution in [-0.4, -0.2) is 17.1 Å². The Morgan fingerprint density at radius 3 is 2.68 bits per heavy atom. The van der Waals surface area contributed by atoms with Gasteiger partial charge in [0.2, 0.25) is 5.88 Å². The standard InChI is InChI=1S/C15H11IN2O/c1-19-15-5-4-10-2-3-11(8-14(10)18-15)13-9-12(16)6-7-17-13/h2-9H,1H3. The molecule has 0 saturated carbocycles. The molecule has 0 spiro atoms. The van der Waals surface area contributed by atoms with Gasteiger partial charge in [0, 0.05) is 26.8 Å². The highest BCUT2D eigenvalue weighted by Crippen LogP contribution is 2.24. The summed E-state index contributed by atoms with van der Waals surface area (Å²) in [6.45, 7) is 0. The largest absolute Gasteiger partial charge is 0.481 e. The summed E-state index contributed by atoms with van der Waals surface area (Å²) in [5.41, 5.74) is 2.93. The van der Waals surface area contributed by atoms with Crippen LogP contribution in [0.3, 0.4) is 0 Å². The molecule has 0 saturated heterocycles. The molecule has 4 heteroatoms. The van der Waals surface area contributed by atoms with Gasteiger partial charge < -0.3 is 4.74 Å². The van der Waals surface area contributed by atoms with Crippen LogP contribution < -0.4 is 4.74 Å². The Morgan fingerprint density at radius 1 is 1.05 bits per heavy atom. The Balaban J connectivity index is 2.15. The van der Waals surface area contributed by atoms with E-state index in [0.717, 1.165) is 22.2 Å². The lowest BCUT2D eigenvalue weighted by Gasteiger charge is -2.05. The summed E-state index contributed by atoms with van der Waals surface area (Å²) < 4.78 is 6.33. The second kappa shape index (κ2) is 5.13. The number of fused-ring (bicyclic) bond motifs is 1. The molecule has 3 nitrogen and oxygen atoms in total. The summed E-state index contributed by atoms with van der Waals surface area (Å²) in [5, 5.41) is 1.09. The number of methoxy groups -OCH3 is 1. The molecule has 19 heavy (non-hydrogen) atoms. The highest BCUT2D eigenvalue weighted by molar-refractivity contribution is 14.1. The van der Waals surface area contributed by atoms with Crippen LogP contribution in [0, 0.1) is 3.57 Å². The first-order valence-corrected chi connectivity index (χ1v) is 6.91. The number of halogens is 1. The fourth-order valence-corrected chi connectivity index (χ4v) is 2.39. The zero-order valence-electron chi connectivity index (χ0n) is 10.3. The van der Waals surface area contributed by atoms with Crippen LogP contribution in [0.4, 0.5) is 0 Å². The number of rotatable bonds is 2. The van der Waals surface area contributed by atoms with Gasteiger partial charge in [0.15, 0.2) is 0 Å². The minimum Gasteiger partial charge on any atom is -0.481 e. The molecule has 0 bridgehead atoms. The first-order chi connectivity index (χ1) is 9.26. The average molecular weight is 362 g/mol. The van der Waals surface area contributed by atoms with Crippen molar-refractivity contribution in [2.75, 3.05) is 7.11 Å². The third-order valence-corrected chi connectivity index (χ3v) is 3.56. The summed E-state index contributed by atoms with van der Waals surface area (Å²) in [5.74, 6) is 0.625. The topological polar surface area (TPSA) is 35.0 Å². The monoisotopic (exact) mass is 362 g/mol. The molecule has 0 radical (unpaired) electrons. The van der Waals surface area contributed by atoms with Crippen molar-refractivity contribution < 1.29 is 4.74 Å². The Morgan fingerprint density at radius 2 is 1.89 bits per heavy atom. The van der Waals surface area contributed by atoms with E-state index in [2.05, 4.69) is 50.8 Å². The van der Waals surface area contributed by atoms with E-state index in [1.165, 1.54) is 3.57 Å². The molecule has 2 heterocycles. The van der Waals surface area contributed by atoms with Crippen LogP contribution in [0.1, 0.15) is 0 Å². The first-order valence-electron chi connectivity index (χ1n) is 5.83. The fourth-order valence-electron chi connectivity index (χ4n) is 1.93. The lowest BCUT2D eigenvalue weighted by molar-refractivity contribution is 0.399. The fraction of sp³-hybridized carbons (Fsp3) is 0.0667. The smallest absolute Gasteiger partial charge is 0.213 e. The van der Waals surface area contributed by atoms with E-state index in [1.807, 2.05) is 30.5 Å². The maximum absolute atomic E-state index is 5.16. The van der Waals surface area contributed by atoms with Crippen LogP contribution in [-0.2, 0) is 0 Å². The van der Waals surface area contributed by atoms with Gasteiger partial charge in [0.25, 0.3) is 0 Å². The van der Waals surface area contributed by atoms with Crippen LogP contribution in [0.25, 0.3) is 22.2 Å². The van der Waals surface area contributed by atoms with Gasteiger partial charge in [-0.25, -0.2) is 4.98 Å². The third-order valence-electron chi connectivity index (χ3n) is 2.89. The lowest BCUT2D eigenvalue weighted by atomic mass is 10.1. The number of aromatic nitrogens is 2. The van der Waals surface area contributed by atoms with Gasteiger partial charge in [-0.2, -0.15) is 0 Å². The lowest BCUT2D eigenvalue weighted by Crippen LogP contribution is -1.89. The van der Waals surface area contributed by atoms with Gasteiger partial charge in [0.1, 0.15) is 0 Å². The van der Waals surface area contributed by atoms with E-state index in [9.17, 15) is 0 Å². The minimum absolute atomic E-state index is 0.625. The Bertz CT molecular complexity index is 743. The molecule has 1 aromatic carbocycles. The zero-order valence-corrected chi connectivity index (χ0v) is 12.5. The number of ether oxygens (including phenoxy) is 1. The molecular formula is C15H11IN2O. The van der Waals surface area contributed by atoms with Crippen LogP contribution >= 0.6 is 22.6 Å². The van der Waals surface area contributed by atoms with E-state index in [1.54, 1.807) is 7.11 Å². The molecule has 0 amide bonds. The highest BCUT2D eigenvalue weighted by atomic mass is 127. The van der Waals surface area contributed by atoms with Crippen molar-refractivity contribution >= 4 is 33.5 Å². The van der Waals surface area contributed by atoms with Crippen molar-refractivity contribution in [1.29, 1.82) is 0 Å². The predicted octanol–water partition coefficient (Wildman–Crippen LogP) is 3.91. The van der Waals surface area contributed by atoms with Crippen molar-refractivity contribution in [3.05, 3.63) is 52.2 Å². The molecule has 3 aromatic rings. The van der Waals surface area contributed by atoms with Crippen LogP contribution in [0.15, 0.2) is 48.7 Å². The molecule has 0 aliphatic rings. The van der Waals surface area contributed by atoms with E-state index in [4.69, 9.17) is 4.74 Å². The molecule has 2 aromatic heterocycles. The number of hydrogen-bond donors (Lipinski definition) is 0. The third kappa shape index (κ3) is 2.53. The molecule has 0 unspecified atom stereocenters. The van der Waals surface area contributed by atoms with Gasteiger partial charge in [-0.05, 0) is 46.9 Å². The van der Waals surface area contributed by atoms with Crippen molar-refractivity contribution in [3.63, 3.8) is 0 Å². The van der Waals surface area contributed by atoms with E-state index in [0.29, 0.717) is 5.88 Å². The second-order valence-electron chi connectivity index (χ2n) is 4.12. The molecular weight excluding hydrogens is 351 g/mol. The van der Waals surface area contributed by atoms with E-state index >= 15 is 0 Å². The number of pyridine rings is 2. The van der Waals surface area contributed by atoms with Crippen molar-refractivity contribution in [2.24, 2.45) is 0 Å². The van der Waals surface area contributed by atoms with Gasteiger partial charge >= 0.3 is 0 Å². The second-order valence-corrected chi connectivity index (χ2v) is 5.37. The average Bonchev–Trinajstić information content (AvgIpc) is 2.46. The highest BCUT2D eigenvalue weighted by Gasteiger charge is 2.03. The molecule has 3 rings (SSSR count). The van der Waals surface area contributed by atoms with Crippen molar-refractivity contribution in [3.8, 4) is 17.1 Å². The number of benzene rings is 1. The van der Waals surface area contributed by atoms with Crippen molar-refractivity contribution in [2.45, 2.75) is 0 Å². The van der Waals surface area contributed by atoms with Crippen molar-refractivity contribution in [1.82, 2.24) is 9.97 Å². The molecule has 0 N–H and O–H groups in total.